The second-order valence-corrected chi connectivity index (χ2v) is 29.6. The van der Waals surface area contributed by atoms with Crippen LogP contribution < -0.4 is 31.7 Å². The maximum Gasteiger partial charge on any atom is 0.326 e. The monoisotopic (exact) mass is 1550 g/mol. The third kappa shape index (κ3) is 31.9. The summed E-state index contributed by atoms with van der Waals surface area (Å²) >= 11 is 6.33. The Labute approximate surface area is 628 Å². The molecule has 5 amide bonds. The number of thiocarbonyl (C=S) groups is 1. The first kappa shape index (κ1) is 86.6. The van der Waals surface area contributed by atoms with Gasteiger partial charge in [0.05, 0.1) is 58.0 Å². The predicted octanol–water partition coefficient (Wildman–Crippen LogP) is 2.52. The second-order valence-electron chi connectivity index (χ2n) is 26.3. The van der Waals surface area contributed by atoms with Crippen molar-refractivity contribution >= 4 is 103 Å². The molecule has 0 radical (unpaired) electrons. The lowest BCUT2D eigenvalue weighted by Crippen LogP contribution is -2.51. The number of nitrogens with two attached hydrogens (primary N) is 1. The zero-order valence-electron chi connectivity index (χ0n) is 59.8. The van der Waals surface area contributed by atoms with Crippen molar-refractivity contribution in [1.29, 1.82) is 0 Å². The summed E-state index contributed by atoms with van der Waals surface area (Å²) in [4.78, 5) is 133. The van der Waals surface area contributed by atoms with Gasteiger partial charge in [0.2, 0.25) is 39.0 Å². The summed E-state index contributed by atoms with van der Waals surface area (Å²) in [5, 5.41) is 91.8. The van der Waals surface area contributed by atoms with Gasteiger partial charge in [-0.3, -0.25) is 57.7 Å². The molecule has 1 saturated heterocycles. The van der Waals surface area contributed by atoms with Crippen LogP contribution in [0.3, 0.4) is 0 Å². The van der Waals surface area contributed by atoms with Crippen molar-refractivity contribution in [2.45, 2.75) is 157 Å². The van der Waals surface area contributed by atoms with Crippen LogP contribution in [0.4, 0.5) is 5.13 Å². The van der Waals surface area contributed by atoms with Crippen molar-refractivity contribution in [2.24, 2.45) is 5.14 Å². The standard InChI is InChI=1S/C70H96N14O20S3/c1-46-12-18-49(19-13-46)70(2,50-20-22-53(85)23-21-50)26-24-59(87)74-56(66(97)98)40-61(89)75-57(67(99)100)41-60(88)73-55(10-3-4-30-84-42-51(77-80-84)8-5-11-58(86)76-68-78-79-69(106-68)107(71,101)102)65(96)72-27-35-104-37-36-103-34-6-9-54(105)39-48-16-14-47(15-17-48)38-52-25-31-81(43-62(90)91)28-7-29-82(44-63(92)93)32-33-83(52)45-64(94)95/h12-23,42,52,55-57,85H,3-11,24-41,43-45H2,1-2H3,(H,72,96)(H,73,88)(H,74,87)(H,75,89)(H,90,91)(H,92,93)(H,94,95)(H,97,98)(H,99,100)(H2,71,101,102)(H,76,78,86)/t52?,55-,56-,57-,70?/m0/s1. The molecule has 0 aliphatic carbocycles. The number of carboxylic acid groups (broad SMARTS) is 5. The van der Waals surface area contributed by atoms with E-state index in [0.29, 0.717) is 127 Å². The molecule has 5 aromatic rings. The SMILES string of the molecule is Cc1ccc(C(C)(CCC(=O)N[C@@H](CC(=O)N[C@@H](CC(=O)N[C@@H](CCCCn2cc(CCCC(=O)Nc3nnc(S(N)(=O)=O)s3)nn2)C(=O)NCCOCCOCCCC(=S)Cc2ccc(CC3CCN(CC(=O)O)CCCN(CC(=O)O)CCN3CC(=O)O)cc2)C(=O)O)C(=O)O)c2ccc(O)cc2)cc1. The number of aromatic nitrogens is 5. The van der Waals surface area contributed by atoms with Crippen LogP contribution in [0.15, 0.2) is 83.3 Å². The lowest BCUT2D eigenvalue weighted by molar-refractivity contribution is -0.145. The molecule has 2 aromatic heterocycles. The Balaban J connectivity index is 0.960. The number of benzene rings is 3. The fourth-order valence-corrected chi connectivity index (χ4v) is 13.7. The van der Waals surface area contributed by atoms with Crippen LogP contribution in [0, 0.1) is 6.92 Å². The molecule has 6 rings (SSSR count). The van der Waals surface area contributed by atoms with E-state index in [9.17, 15) is 87.0 Å². The molecule has 0 bridgehead atoms. The molecule has 2 unspecified atom stereocenters. The van der Waals surface area contributed by atoms with Crippen LogP contribution in [-0.4, -0.2) is 253 Å². The van der Waals surface area contributed by atoms with Crippen LogP contribution in [0.2, 0.25) is 0 Å². The number of phenolic OH excluding ortho intramolecular Hbond substituents is 1. The number of hydrogen-bond acceptors (Lipinski definition) is 24. The maximum absolute atomic E-state index is 13.8. The number of rotatable bonds is 46. The quantitative estimate of drug-likeness (QED) is 0.0151. The lowest BCUT2D eigenvalue weighted by Gasteiger charge is -2.33. The van der Waals surface area contributed by atoms with Gasteiger partial charge in [-0.05, 0) is 123 Å². The first-order valence-corrected chi connectivity index (χ1v) is 37.8. The van der Waals surface area contributed by atoms with Gasteiger partial charge in [-0.25, -0.2) is 23.1 Å². The van der Waals surface area contributed by atoms with Gasteiger partial charge < -0.3 is 66.7 Å². The van der Waals surface area contributed by atoms with Gasteiger partial charge in [-0.2, -0.15) is 0 Å². The molecule has 13 N–H and O–H groups in total. The summed E-state index contributed by atoms with van der Waals surface area (Å²) in [6.45, 7) is 6.23. The molecule has 584 valence electrons. The van der Waals surface area contributed by atoms with E-state index >= 15 is 0 Å². The zero-order valence-corrected chi connectivity index (χ0v) is 62.3. The summed E-state index contributed by atoms with van der Waals surface area (Å²) in [5.41, 5.74) is 4.33. The fourth-order valence-electron chi connectivity index (χ4n) is 12.0. The first-order valence-electron chi connectivity index (χ1n) is 35.0. The van der Waals surface area contributed by atoms with Crippen molar-refractivity contribution < 1.29 is 96.5 Å². The van der Waals surface area contributed by atoms with Gasteiger partial charge in [0, 0.05) is 82.8 Å². The van der Waals surface area contributed by atoms with E-state index in [1.54, 1.807) is 32.8 Å². The Morgan fingerprint density at radius 3 is 1.85 bits per heavy atom. The van der Waals surface area contributed by atoms with E-state index in [-0.39, 0.29) is 88.6 Å². The highest BCUT2D eigenvalue weighted by molar-refractivity contribution is 7.91. The molecular weight excluding hydrogens is 1450 g/mol. The molecule has 3 heterocycles. The fraction of sp³-hybridized carbons (Fsp3) is 0.529. The number of unbranched alkanes of at least 4 members (excludes halogenated alkanes) is 1. The molecular formula is C70H96N14O20S3. The molecule has 5 atom stereocenters. The van der Waals surface area contributed by atoms with Gasteiger partial charge in [-0.1, -0.05) is 102 Å². The number of phenols is 1. The number of aryl methyl sites for hydroxylation is 3. The molecule has 107 heavy (non-hydrogen) atoms. The number of carboxylic acids is 5. The van der Waals surface area contributed by atoms with E-state index in [1.807, 2.05) is 67.3 Å². The Kier molecular flexibility index (Phi) is 35.7. The van der Waals surface area contributed by atoms with E-state index in [4.69, 9.17) is 26.8 Å². The van der Waals surface area contributed by atoms with Gasteiger partial charge >= 0.3 is 29.8 Å². The van der Waals surface area contributed by atoms with Crippen molar-refractivity contribution in [3.8, 4) is 5.75 Å². The van der Waals surface area contributed by atoms with Gasteiger partial charge in [-0.15, -0.1) is 15.3 Å². The highest BCUT2D eigenvalue weighted by Gasteiger charge is 2.34. The topological polar surface area (TPSA) is 497 Å². The number of carbonyl (C=O) groups is 10. The minimum absolute atomic E-state index is 0.00276. The third-order valence-electron chi connectivity index (χ3n) is 17.8. The summed E-state index contributed by atoms with van der Waals surface area (Å²) in [7, 11) is -4.09. The molecule has 0 spiro atoms. The van der Waals surface area contributed by atoms with E-state index in [2.05, 4.69) is 47.1 Å². The minimum atomic E-state index is -4.09. The number of nitrogens with zero attached hydrogens (tertiary/aromatic N) is 8. The number of ether oxygens (including phenoxy) is 2. The number of hydrogen-bond donors (Lipinski definition) is 12. The molecule has 37 heteroatoms. The van der Waals surface area contributed by atoms with Gasteiger partial charge in [0.1, 0.15) is 23.9 Å². The number of nitrogens with one attached hydrogen (secondary N) is 5. The van der Waals surface area contributed by atoms with Crippen molar-refractivity contribution in [3.05, 3.63) is 113 Å². The zero-order chi connectivity index (χ0) is 78.1. The highest BCUT2D eigenvalue weighted by Crippen LogP contribution is 2.37. The second kappa shape index (κ2) is 44.1. The van der Waals surface area contributed by atoms with E-state index in [0.717, 1.165) is 32.7 Å². The third-order valence-corrected chi connectivity index (χ3v) is 20.2. The highest BCUT2D eigenvalue weighted by atomic mass is 32.2. The van der Waals surface area contributed by atoms with Gasteiger partial charge in [0.15, 0.2) is 0 Å². The number of sulfonamides is 1. The average molecular weight is 1550 g/mol. The average Bonchev–Trinajstić information content (AvgIpc) is 1.53. The van der Waals surface area contributed by atoms with E-state index in [1.165, 1.54) is 12.1 Å². The number of anilines is 1. The predicted molar refractivity (Wildman–Crippen MR) is 393 cm³/mol. The largest absolute Gasteiger partial charge is 0.508 e. The lowest BCUT2D eigenvalue weighted by atomic mass is 9.73. The number of amides is 5. The number of primary sulfonamides is 1. The van der Waals surface area contributed by atoms with Crippen LogP contribution in [0.5, 0.6) is 5.75 Å². The molecule has 0 saturated carbocycles. The molecule has 3 aromatic carbocycles. The minimum Gasteiger partial charge on any atom is -0.508 e. The number of carbonyl (C=O) groups excluding carboxylic acids is 5. The van der Waals surface area contributed by atoms with Crippen molar-refractivity contribution in [3.63, 3.8) is 0 Å². The maximum atomic E-state index is 13.8. The number of aliphatic carboxylic acids is 5. The Hall–Kier alpha value is -9.34. The first-order chi connectivity index (χ1) is 50.9. The molecule has 1 aliphatic rings. The Morgan fingerprint density at radius 2 is 1.24 bits per heavy atom. The van der Waals surface area contributed by atoms with Crippen LogP contribution >= 0.6 is 23.6 Å². The Morgan fingerprint density at radius 1 is 0.654 bits per heavy atom. The van der Waals surface area contributed by atoms with Crippen molar-refractivity contribution in [2.75, 3.05) is 90.6 Å². The summed E-state index contributed by atoms with van der Waals surface area (Å²) in [6, 6.07) is 16.8. The molecule has 1 aliphatic heterocycles. The van der Waals surface area contributed by atoms with Crippen LogP contribution in [0.1, 0.15) is 124 Å². The smallest absolute Gasteiger partial charge is 0.326 e. The van der Waals surface area contributed by atoms with Gasteiger partial charge in [0.25, 0.3) is 10.0 Å². The molecule has 1 fully saturated rings. The molecule has 34 nitrogen and oxygen atoms in total. The van der Waals surface area contributed by atoms with E-state index < -0.39 is 110 Å². The van der Waals surface area contributed by atoms with Crippen LogP contribution in [0.25, 0.3) is 0 Å². The Bertz CT molecular complexity index is 3860. The normalized spacial score (nSPS) is 15.4. The van der Waals surface area contributed by atoms with Crippen molar-refractivity contribution in [1.82, 2.24) is 61.2 Å². The van der Waals surface area contributed by atoms with Crippen LogP contribution in [-0.2, 0) is 98.7 Å². The summed E-state index contributed by atoms with van der Waals surface area (Å²) in [5.74, 6) is -10.1. The summed E-state index contributed by atoms with van der Waals surface area (Å²) in [6.07, 6.45) is 4.70. The summed E-state index contributed by atoms with van der Waals surface area (Å²) < 4.78 is 35.6. The number of aromatic hydroxyl groups is 1.